The normalized spacial score (nSPS) is 15.1. The summed E-state index contributed by atoms with van der Waals surface area (Å²) in [5.41, 5.74) is 8.14. The molecular formula is C26H33N7O2. The van der Waals surface area contributed by atoms with Gasteiger partial charge in [-0.2, -0.15) is 0 Å². The molecule has 3 N–H and O–H groups in total. The van der Waals surface area contributed by atoms with Crippen molar-refractivity contribution in [2.45, 2.75) is 26.3 Å². The van der Waals surface area contributed by atoms with Crippen molar-refractivity contribution in [3.63, 3.8) is 0 Å². The first kappa shape index (κ1) is 24.6. The van der Waals surface area contributed by atoms with Crippen LogP contribution in [0.1, 0.15) is 31.3 Å². The Balaban J connectivity index is 1.32. The smallest absolute Gasteiger partial charge is 0.278 e. The highest BCUT2D eigenvalue weighted by Crippen LogP contribution is 2.22. The number of nitrogen functional groups attached to an aromatic ring is 1. The Morgan fingerprint density at radius 2 is 1.83 bits per heavy atom. The van der Waals surface area contributed by atoms with Gasteiger partial charge in [-0.05, 0) is 57.2 Å². The molecule has 1 aliphatic rings. The number of piperazine rings is 1. The summed E-state index contributed by atoms with van der Waals surface area (Å²) in [5.74, 6) is 0.423. The van der Waals surface area contributed by atoms with E-state index in [2.05, 4.69) is 50.8 Å². The molecule has 0 saturated carbocycles. The van der Waals surface area contributed by atoms with Crippen LogP contribution in [0.2, 0.25) is 0 Å². The molecule has 0 radical (unpaired) electrons. The summed E-state index contributed by atoms with van der Waals surface area (Å²) < 4.78 is 5.96. The summed E-state index contributed by atoms with van der Waals surface area (Å²) in [6.07, 6.45) is 4.74. The van der Waals surface area contributed by atoms with Gasteiger partial charge in [-0.25, -0.2) is 9.97 Å². The van der Waals surface area contributed by atoms with Crippen LogP contribution in [0, 0.1) is 0 Å². The highest BCUT2D eigenvalue weighted by atomic mass is 16.5. The van der Waals surface area contributed by atoms with E-state index in [4.69, 9.17) is 10.5 Å². The van der Waals surface area contributed by atoms with Crippen LogP contribution in [-0.4, -0.2) is 75.5 Å². The van der Waals surface area contributed by atoms with Crippen molar-refractivity contribution >= 4 is 17.4 Å². The average Bonchev–Trinajstić information content (AvgIpc) is 2.85. The van der Waals surface area contributed by atoms with E-state index in [1.165, 1.54) is 0 Å². The summed E-state index contributed by atoms with van der Waals surface area (Å²) in [6.45, 7) is 12.6. The number of ether oxygens (including phenoxy) is 1. The highest BCUT2D eigenvalue weighted by molar-refractivity contribution is 6.05. The van der Waals surface area contributed by atoms with Gasteiger partial charge in [0.05, 0.1) is 23.8 Å². The van der Waals surface area contributed by atoms with Crippen molar-refractivity contribution in [3.8, 4) is 17.0 Å². The molecule has 2 aromatic heterocycles. The van der Waals surface area contributed by atoms with E-state index in [9.17, 15) is 4.79 Å². The minimum atomic E-state index is -0.437. The molecule has 0 unspecified atom stereocenters. The number of carbonyl (C=O) groups is 1. The van der Waals surface area contributed by atoms with Crippen molar-refractivity contribution in [2.24, 2.45) is 0 Å². The number of aromatic nitrogens is 3. The van der Waals surface area contributed by atoms with Gasteiger partial charge in [0.25, 0.3) is 5.91 Å². The van der Waals surface area contributed by atoms with Gasteiger partial charge < -0.3 is 15.8 Å². The molecule has 9 heteroatoms. The number of benzene rings is 1. The number of carbonyl (C=O) groups excluding carboxylic acids is 1. The topological polar surface area (TPSA) is 110 Å². The van der Waals surface area contributed by atoms with E-state index < -0.39 is 5.91 Å². The Hall–Kier alpha value is -3.56. The van der Waals surface area contributed by atoms with Crippen LogP contribution in [0.4, 0.5) is 11.5 Å². The lowest BCUT2D eigenvalue weighted by Crippen LogP contribution is -2.53. The maximum atomic E-state index is 12.6. The van der Waals surface area contributed by atoms with E-state index in [1.807, 2.05) is 24.3 Å². The molecule has 1 aromatic carbocycles. The first-order chi connectivity index (χ1) is 16.8. The third-order valence-corrected chi connectivity index (χ3v) is 6.08. The molecule has 0 spiro atoms. The summed E-state index contributed by atoms with van der Waals surface area (Å²) in [5, 5.41) is 2.74. The van der Waals surface area contributed by atoms with Crippen LogP contribution in [-0.2, 0) is 0 Å². The Morgan fingerprint density at radius 1 is 1.09 bits per heavy atom. The molecule has 1 saturated heterocycles. The first-order valence-electron chi connectivity index (χ1n) is 11.8. The second-order valence-corrected chi connectivity index (χ2v) is 9.56. The summed E-state index contributed by atoms with van der Waals surface area (Å²) in [4.78, 5) is 30.2. The lowest BCUT2D eigenvalue weighted by Gasteiger charge is -2.42. The van der Waals surface area contributed by atoms with Crippen LogP contribution in [0.15, 0.2) is 55.0 Å². The SMILES string of the molecule is CC(C)(C)N1CCN(CCOc2ccc(-c3cnc(N)c(C(=O)Nc4cccnc4)n3)cc2)CC1. The van der Waals surface area contributed by atoms with Crippen LogP contribution < -0.4 is 15.8 Å². The van der Waals surface area contributed by atoms with Crippen LogP contribution in [0.25, 0.3) is 11.3 Å². The van der Waals surface area contributed by atoms with Crippen molar-refractivity contribution in [2.75, 3.05) is 50.4 Å². The number of anilines is 2. The minimum Gasteiger partial charge on any atom is -0.492 e. The number of nitrogens with one attached hydrogen (secondary N) is 1. The second kappa shape index (κ2) is 10.8. The lowest BCUT2D eigenvalue weighted by atomic mass is 10.1. The Bertz CT molecular complexity index is 1120. The minimum absolute atomic E-state index is 0.0678. The van der Waals surface area contributed by atoms with Crippen LogP contribution in [0.3, 0.4) is 0 Å². The molecule has 4 rings (SSSR count). The van der Waals surface area contributed by atoms with E-state index in [1.54, 1.807) is 30.7 Å². The zero-order chi connectivity index (χ0) is 24.8. The van der Waals surface area contributed by atoms with Crippen molar-refractivity contribution in [1.82, 2.24) is 24.8 Å². The molecule has 0 bridgehead atoms. The van der Waals surface area contributed by atoms with Gasteiger partial charge in [0.15, 0.2) is 11.5 Å². The molecular weight excluding hydrogens is 442 g/mol. The molecule has 184 valence electrons. The molecule has 0 atom stereocenters. The Morgan fingerprint density at radius 3 is 2.49 bits per heavy atom. The van der Waals surface area contributed by atoms with E-state index in [-0.39, 0.29) is 17.1 Å². The van der Waals surface area contributed by atoms with Crippen molar-refractivity contribution in [1.29, 1.82) is 0 Å². The summed E-state index contributed by atoms with van der Waals surface area (Å²) in [6, 6.07) is 11.1. The molecule has 3 aromatic rings. The molecule has 35 heavy (non-hydrogen) atoms. The quantitative estimate of drug-likeness (QED) is 0.536. The van der Waals surface area contributed by atoms with Crippen molar-refractivity contribution in [3.05, 3.63) is 60.7 Å². The first-order valence-corrected chi connectivity index (χ1v) is 11.8. The van der Waals surface area contributed by atoms with E-state index in [0.29, 0.717) is 18.0 Å². The maximum absolute atomic E-state index is 12.6. The fraction of sp³-hybridized carbons (Fsp3) is 0.385. The standard InChI is InChI=1S/C26H33N7O2/c1-26(2,3)33-13-11-32(12-14-33)15-16-35-21-8-6-19(7-9-21)22-18-29-24(27)23(31-22)25(34)30-20-5-4-10-28-17-20/h4-10,17-18H,11-16H2,1-3H3,(H2,27,29)(H,30,34). The number of nitrogens with zero attached hydrogens (tertiary/aromatic N) is 5. The molecule has 3 heterocycles. The predicted molar refractivity (Wildman–Crippen MR) is 137 cm³/mol. The fourth-order valence-electron chi connectivity index (χ4n) is 3.99. The zero-order valence-electron chi connectivity index (χ0n) is 20.6. The summed E-state index contributed by atoms with van der Waals surface area (Å²) in [7, 11) is 0. The molecule has 1 amide bonds. The molecule has 9 nitrogen and oxygen atoms in total. The average molecular weight is 476 g/mol. The van der Waals surface area contributed by atoms with Gasteiger partial charge in [-0.15, -0.1) is 0 Å². The molecule has 1 fully saturated rings. The van der Waals surface area contributed by atoms with E-state index in [0.717, 1.165) is 44.0 Å². The number of amides is 1. The third kappa shape index (κ3) is 6.52. The van der Waals surface area contributed by atoms with E-state index >= 15 is 0 Å². The molecule has 1 aliphatic heterocycles. The monoisotopic (exact) mass is 475 g/mol. The van der Waals surface area contributed by atoms with Gasteiger partial charge in [0, 0.05) is 50.0 Å². The molecule has 0 aliphatic carbocycles. The Kier molecular flexibility index (Phi) is 7.57. The number of hydrogen-bond donors (Lipinski definition) is 2. The third-order valence-electron chi connectivity index (χ3n) is 6.08. The van der Waals surface area contributed by atoms with Gasteiger partial charge in [0.1, 0.15) is 12.4 Å². The largest absolute Gasteiger partial charge is 0.492 e. The number of pyridine rings is 1. The zero-order valence-corrected chi connectivity index (χ0v) is 20.6. The van der Waals surface area contributed by atoms with Crippen LogP contribution >= 0.6 is 0 Å². The van der Waals surface area contributed by atoms with Gasteiger partial charge in [0.2, 0.25) is 0 Å². The lowest BCUT2D eigenvalue weighted by molar-refractivity contribution is 0.0564. The second-order valence-electron chi connectivity index (χ2n) is 9.56. The number of hydrogen-bond acceptors (Lipinski definition) is 8. The van der Waals surface area contributed by atoms with Crippen LogP contribution in [0.5, 0.6) is 5.75 Å². The fourth-order valence-corrected chi connectivity index (χ4v) is 3.99. The van der Waals surface area contributed by atoms with Gasteiger partial charge >= 0.3 is 0 Å². The Labute approximate surface area is 206 Å². The van der Waals surface area contributed by atoms with Crippen molar-refractivity contribution < 1.29 is 9.53 Å². The van der Waals surface area contributed by atoms with Gasteiger partial charge in [-0.3, -0.25) is 19.6 Å². The number of nitrogens with two attached hydrogens (primary N) is 1. The number of rotatable bonds is 7. The summed E-state index contributed by atoms with van der Waals surface area (Å²) >= 11 is 0. The predicted octanol–water partition coefficient (Wildman–Crippen LogP) is 3.17. The highest BCUT2D eigenvalue weighted by Gasteiger charge is 2.25. The maximum Gasteiger partial charge on any atom is 0.278 e. The van der Waals surface area contributed by atoms with Gasteiger partial charge in [-0.1, -0.05) is 0 Å².